The van der Waals surface area contributed by atoms with E-state index in [1.165, 1.54) is 0 Å². The molecule has 2 aromatic carbocycles. The van der Waals surface area contributed by atoms with Gasteiger partial charge in [-0.1, -0.05) is 0 Å². The highest BCUT2D eigenvalue weighted by molar-refractivity contribution is 5.94. The summed E-state index contributed by atoms with van der Waals surface area (Å²) in [6.45, 7) is 5.40. The SMILES string of the molecule is CCOC(=O)Oc1ccc(C(=O)N2CCC(NC(=O)COc3ccc(OCC)cc3)CC2)cc1. The van der Waals surface area contributed by atoms with E-state index in [0.717, 1.165) is 5.75 Å². The van der Waals surface area contributed by atoms with Gasteiger partial charge in [0.1, 0.15) is 17.2 Å². The second kappa shape index (κ2) is 12.5. The maximum absolute atomic E-state index is 12.8. The Hall–Kier alpha value is -3.75. The van der Waals surface area contributed by atoms with Crippen molar-refractivity contribution >= 4 is 18.0 Å². The van der Waals surface area contributed by atoms with Gasteiger partial charge in [-0.2, -0.15) is 0 Å². The third-order valence-corrected chi connectivity index (χ3v) is 5.22. The minimum atomic E-state index is -0.782. The third-order valence-electron chi connectivity index (χ3n) is 5.22. The van der Waals surface area contributed by atoms with E-state index in [4.69, 9.17) is 18.9 Å². The third kappa shape index (κ3) is 7.40. The Bertz CT molecular complexity index is 952. The van der Waals surface area contributed by atoms with Crippen LogP contribution in [0.2, 0.25) is 0 Å². The van der Waals surface area contributed by atoms with Crippen LogP contribution in [0, 0.1) is 0 Å². The number of benzene rings is 2. The number of piperidine rings is 1. The Balaban J connectivity index is 1.39. The van der Waals surface area contributed by atoms with E-state index in [2.05, 4.69) is 5.32 Å². The minimum absolute atomic E-state index is 0.0131. The fourth-order valence-corrected chi connectivity index (χ4v) is 3.54. The van der Waals surface area contributed by atoms with Crippen molar-refractivity contribution < 1.29 is 33.3 Å². The first-order chi connectivity index (χ1) is 16.5. The molecule has 1 fully saturated rings. The standard InChI is InChI=1S/C25H30N2O7/c1-3-31-20-9-11-21(12-10-20)33-17-23(28)26-19-13-15-27(16-14-19)24(29)18-5-7-22(8-6-18)34-25(30)32-4-2/h5-12,19H,3-4,13-17H2,1-2H3,(H,26,28). The van der Waals surface area contributed by atoms with Crippen molar-refractivity contribution in [2.24, 2.45) is 0 Å². The van der Waals surface area contributed by atoms with E-state index in [1.807, 2.05) is 6.92 Å². The van der Waals surface area contributed by atoms with Gasteiger partial charge in [-0.25, -0.2) is 4.79 Å². The van der Waals surface area contributed by atoms with Crippen LogP contribution in [0.5, 0.6) is 17.2 Å². The Labute approximate surface area is 198 Å². The van der Waals surface area contributed by atoms with Gasteiger partial charge in [0.15, 0.2) is 6.61 Å². The van der Waals surface area contributed by atoms with Gasteiger partial charge in [0.2, 0.25) is 0 Å². The van der Waals surface area contributed by atoms with E-state index >= 15 is 0 Å². The minimum Gasteiger partial charge on any atom is -0.494 e. The molecule has 0 aliphatic carbocycles. The summed E-state index contributed by atoms with van der Waals surface area (Å²) < 4.78 is 20.7. The average Bonchev–Trinajstić information content (AvgIpc) is 2.84. The van der Waals surface area contributed by atoms with Crippen LogP contribution in [0.15, 0.2) is 48.5 Å². The fraction of sp³-hybridized carbons (Fsp3) is 0.400. The highest BCUT2D eigenvalue weighted by Crippen LogP contribution is 2.19. The monoisotopic (exact) mass is 470 g/mol. The topological polar surface area (TPSA) is 103 Å². The average molecular weight is 471 g/mol. The van der Waals surface area contributed by atoms with Gasteiger partial charge in [-0.05, 0) is 75.2 Å². The van der Waals surface area contributed by atoms with E-state index in [9.17, 15) is 14.4 Å². The molecule has 2 amide bonds. The largest absolute Gasteiger partial charge is 0.513 e. The molecule has 1 aliphatic heterocycles. The predicted molar refractivity (Wildman–Crippen MR) is 124 cm³/mol. The number of amides is 2. The number of rotatable bonds is 9. The summed E-state index contributed by atoms with van der Waals surface area (Å²) in [5.74, 6) is 1.35. The van der Waals surface area contributed by atoms with Crippen LogP contribution in [0.4, 0.5) is 4.79 Å². The Morgan fingerprint density at radius 3 is 2.03 bits per heavy atom. The molecule has 3 rings (SSSR count). The molecule has 9 heteroatoms. The van der Waals surface area contributed by atoms with E-state index in [0.29, 0.717) is 49.6 Å². The van der Waals surface area contributed by atoms with Crippen LogP contribution in [-0.2, 0) is 9.53 Å². The Kier molecular flexibility index (Phi) is 9.13. The molecule has 1 saturated heterocycles. The van der Waals surface area contributed by atoms with Crippen LogP contribution in [0.3, 0.4) is 0 Å². The highest BCUT2D eigenvalue weighted by atomic mass is 16.7. The zero-order valence-corrected chi connectivity index (χ0v) is 19.5. The highest BCUT2D eigenvalue weighted by Gasteiger charge is 2.25. The predicted octanol–water partition coefficient (Wildman–Crippen LogP) is 3.42. The lowest BCUT2D eigenvalue weighted by Crippen LogP contribution is -2.47. The second-order valence-electron chi connectivity index (χ2n) is 7.64. The molecule has 9 nitrogen and oxygen atoms in total. The maximum atomic E-state index is 12.8. The van der Waals surface area contributed by atoms with Gasteiger partial charge < -0.3 is 29.2 Å². The number of likely N-dealkylation sites (tertiary alicyclic amines) is 1. The number of nitrogens with zero attached hydrogens (tertiary/aromatic N) is 1. The molecular weight excluding hydrogens is 440 g/mol. The zero-order chi connectivity index (χ0) is 24.3. The molecule has 0 bridgehead atoms. The number of carbonyl (C=O) groups excluding carboxylic acids is 3. The van der Waals surface area contributed by atoms with Crippen molar-refractivity contribution in [3.63, 3.8) is 0 Å². The summed E-state index contributed by atoms with van der Waals surface area (Å²) in [7, 11) is 0. The summed E-state index contributed by atoms with van der Waals surface area (Å²) in [6, 6.07) is 13.4. The lowest BCUT2D eigenvalue weighted by Gasteiger charge is -2.32. The van der Waals surface area contributed by atoms with Crippen LogP contribution >= 0.6 is 0 Å². The molecular formula is C25H30N2O7. The van der Waals surface area contributed by atoms with Gasteiger partial charge in [0.05, 0.1) is 13.2 Å². The molecule has 2 aromatic rings. The second-order valence-corrected chi connectivity index (χ2v) is 7.64. The van der Waals surface area contributed by atoms with Gasteiger partial charge in [-0.15, -0.1) is 0 Å². The first kappa shape index (κ1) is 24.9. The lowest BCUT2D eigenvalue weighted by atomic mass is 10.0. The van der Waals surface area contributed by atoms with Crippen molar-refractivity contribution in [3.8, 4) is 17.2 Å². The molecule has 182 valence electrons. The molecule has 0 spiro atoms. The normalized spacial score (nSPS) is 13.6. The van der Waals surface area contributed by atoms with Gasteiger partial charge >= 0.3 is 6.16 Å². The smallest absolute Gasteiger partial charge is 0.494 e. The zero-order valence-electron chi connectivity index (χ0n) is 19.5. The van der Waals surface area contributed by atoms with E-state index in [1.54, 1.807) is 60.4 Å². The molecule has 0 atom stereocenters. The number of hydrogen-bond donors (Lipinski definition) is 1. The maximum Gasteiger partial charge on any atom is 0.513 e. The van der Waals surface area contributed by atoms with E-state index < -0.39 is 6.16 Å². The molecule has 1 heterocycles. The molecule has 0 saturated carbocycles. The summed E-state index contributed by atoms with van der Waals surface area (Å²) in [5, 5.41) is 2.97. The van der Waals surface area contributed by atoms with Crippen molar-refractivity contribution in [2.75, 3.05) is 32.9 Å². The first-order valence-electron chi connectivity index (χ1n) is 11.4. The molecule has 1 aliphatic rings. The van der Waals surface area contributed by atoms with Crippen LogP contribution in [0.1, 0.15) is 37.0 Å². The Morgan fingerprint density at radius 2 is 1.44 bits per heavy atom. The molecule has 0 aromatic heterocycles. The summed E-state index contributed by atoms with van der Waals surface area (Å²) >= 11 is 0. The molecule has 1 N–H and O–H groups in total. The first-order valence-corrected chi connectivity index (χ1v) is 11.4. The number of ether oxygens (including phenoxy) is 4. The molecule has 0 unspecified atom stereocenters. The number of carbonyl (C=O) groups is 3. The van der Waals surface area contributed by atoms with Gasteiger partial charge in [-0.3, -0.25) is 9.59 Å². The lowest BCUT2D eigenvalue weighted by molar-refractivity contribution is -0.124. The van der Waals surface area contributed by atoms with Gasteiger partial charge in [0, 0.05) is 24.7 Å². The number of nitrogens with one attached hydrogen (secondary N) is 1. The summed E-state index contributed by atoms with van der Waals surface area (Å²) in [5.41, 5.74) is 0.502. The summed E-state index contributed by atoms with van der Waals surface area (Å²) in [6.07, 6.45) is 0.533. The van der Waals surface area contributed by atoms with Crippen LogP contribution in [0.25, 0.3) is 0 Å². The van der Waals surface area contributed by atoms with Crippen molar-refractivity contribution in [1.29, 1.82) is 0 Å². The molecule has 0 radical (unpaired) electrons. The van der Waals surface area contributed by atoms with E-state index in [-0.39, 0.29) is 31.1 Å². The van der Waals surface area contributed by atoms with Crippen LogP contribution < -0.4 is 19.5 Å². The van der Waals surface area contributed by atoms with Crippen molar-refractivity contribution in [2.45, 2.75) is 32.7 Å². The fourth-order valence-electron chi connectivity index (χ4n) is 3.54. The quantitative estimate of drug-likeness (QED) is 0.442. The number of hydrogen-bond acceptors (Lipinski definition) is 7. The van der Waals surface area contributed by atoms with Gasteiger partial charge in [0.25, 0.3) is 11.8 Å². The van der Waals surface area contributed by atoms with Crippen LogP contribution in [-0.4, -0.2) is 61.8 Å². The van der Waals surface area contributed by atoms with Crippen molar-refractivity contribution in [1.82, 2.24) is 10.2 Å². The Morgan fingerprint density at radius 1 is 0.853 bits per heavy atom. The molecule has 34 heavy (non-hydrogen) atoms. The summed E-state index contributed by atoms with van der Waals surface area (Å²) in [4.78, 5) is 38.1. The van der Waals surface area contributed by atoms with Crippen molar-refractivity contribution in [3.05, 3.63) is 54.1 Å².